The maximum atomic E-state index is 13.0. The van der Waals surface area contributed by atoms with E-state index >= 15 is 0 Å². The van der Waals surface area contributed by atoms with Crippen LogP contribution in [0.25, 0.3) is 0 Å². The van der Waals surface area contributed by atoms with Gasteiger partial charge in [-0.2, -0.15) is 0 Å². The Bertz CT molecular complexity index is 334. The van der Waals surface area contributed by atoms with Crippen molar-refractivity contribution in [2.45, 2.75) is 6.92 Å². The molecule has 0 fully saturated rings. The van der Waals surface area contributed by atoms with E-state index in [1.807, 2.05) is 0 Å². The van der Waals surface area contributed by atoms with E-state index in [9.17, 15) is 17.3 Å². The van der Waals surface area contributed by atoms with Crippen molar-refractivity contribution < 1.29 is 17.3 Å². The zero-order chi connectivity index (χ0) is 10.2. The van der Waals surface area contributed by atoms with Gasteiger partial charge in [-0.1, -0.05) is 23.1 Å². The van der Waals surface area contributed by atoms with Crippen molar-refractivity contribution in [1.29, 1.82) is 0 Å². The third-order valence-electron chi connectivity index (χ3n) is 1.70. The highest BCUT2D eigenvalue weighted by Gasteiger charge is 2.29. The predicted molar refractivity (Wildman–Crippen MR) is 44.9 cm³/mol. The van der Waals surface area contributed by atoms with Crippen LogP contribution in [0.5, 0.6) is 0 Å². The van der Waals surface area contributed by atoms with E-state index < -0.39 is 18.3 Å². The molecular formula is C7H5BClF4-. The van der Waals surface area contributed by atoms with Gasteiger partial charge in [0, 0.05) is 10.6 Å². The molecule has 1 rings (SSSR count). The summed E-state index contributed by atoms with van der Waals surface area (Å²) < 4.78 is 49.4. The van der Waals surface area contributed by atoms with Crippen molar-refractivity contribution in [2.24, 2.45) is 0 Å². The minimum atomic E-state index is -5.30. The Balaban J connectivity index is 3.35. The summed E-state index contributed by atoms with van der Waals surface area (Å²) in [7, 11) is 0. The topological polar surface area (TPSA) is 0 Å². The molecule has 1 aromatic carbocycles. The molecule has 0 saturated carbocycles. The first-order chi connectivity index (χ1) is 5.84. The number of hydrogen-bond donors (Lipinski definition) is 0. The first-order valence-corrected chi connectivity index (χ1v) is 3.86. The number of benzene rings is 1. The lowest BCUT2D eigenvalue weighted by Gasteiger charge is -2.17. The fourth-order valence-corrected chi connectivity index (χ4v) is 1.08. The Morgan fingerprint density at radius 2 is 1.77 bits per heavy atom. The Morgan fingerprint density at radius 1 is 1.23 bits per heavy atom. The van der Waals surface area contributed by atoms with E-state index in [0.717, 1.165) is 6.07 Å². The zero-order valence-corrected chi connectivity index (χ0v) is 7.38. The smallest absolute Gasteiger partial charge is 0.445 e. The number of halogens is 5. The Hall–Kier alpha value is -0.705. The third-order valence-corrected chi connectivity index (χ3v) is 2.11. The molecular weight excluding hydrogens is 206 g/mol. The van der Waals surface area contributed by atoms with E-state index in [1.165, 1.54) is 6.92 Å². The molecule has 0 nitrogen and oxygen atoms in total. The minimum absolute atomic E-state index is 0.00120. The Labute approximate surface area is 77.6 Å². The van der Waals surface area contributed by atoms with Gasteiger partial charge in [-0.3, -0.25) is 0 Å². The lowest BCUT2D eigenvalue weighted by Crippen LogP contribution is -2.37. The summed E-state index contributed by atoms with van der Waals surface area (Å²) in [5, 5.41) is 0.00120. The fraction of sp³-hybridized carbons (Fsp3) is 0.143. The van der Waals surface area contributed by atoms with Gasteiger partial charge in [0.1, 0.15) is 5.82 Å². The molecule has 0 unspecified atom stereocenters. The molecule has 0 amide bonds. The van der Waals surface area contributed by atoms with Crippen LogP contribution in [0.2, 0.25) is 5.02 Å². The SMILES string of the molecule is Cc1c(Cl)ccc([B-](F)(F)F)c1F. The van der Waals surface area contributed by atoms with Crippen molar-refractivity contribution in [2.75, 3.05) is 0 Å². The zero-order valence-electron chi connectivity index (χ0n) is 6.62. The molecule has 0 atom stereocenters. The third kappa shape index (κ3) is 1.96. The van der Waals surface area contributed by atoms with Crippen LogP contribution in [0.4, 0.5) is 17.3 Å². The summed E-state index contributed by atoms with van der Waals surface area (Å²) in [5.74, 6) is -1.28. The molecule has 0 bridgehead atoms. The molecule has 0 spiro atoms. The summed E-state index contributed by atoms with van der Waals surface area (Å²) in [5.41, 5.74) is -1.39. The average Bonchev–Trinajstić information content (AvgIpc) is 1.98. The van der Waals surface area contributed by atoms with Crippen molar-refractivity contribution >= 4 is 24.0 Å². The molecule has 0 aliphatic carbocycles. The lowest BCUT2D eigenvalue weighted by atomic mass is 9.79. The van der Waals surface area contributed by atoms with E-state index in [0.29, 0.717) is 6.07 Å². The summed E-state index contributed by atoms with van der Waals surface area (Å²) in [6.45, 7) is -4.09. The number of rotatable bonds is 1. The second-order valence-corrected chi connectivity index (χ2v) is 3.06. The van der Waals surface area contributed by atoms with E-state index in [4.69, 9.17) is 11.6 Å². The average molecular weight is 211 g/mol. The maximum absolute atomic E-state index is 13.0. The lowest BCUT2D eigenvalue weighted by molar-refractivity contribution is 0.493. The normalized spacial score (nSPS) is 11.8. The van der Waals surface area contributed by atoms with Crippen LogP contribution in [-0.4, -0.2) is 6.98 Å². The van der Waals surface area contributed by atoms with Gasteiger partial charge in [0.2, 0.25) is 0 Å². The molecule has 1 aromatic rings. The molecule has 13 heavy (non-hydrogen) atoms. The molecule has 0 N–H and O–H groups in total. The highest BCUT2D eigenvalue weighted by atomic mass is 35.5. The van der Waals surface area contributed by atoms with Crippen LogP contribution in [0.1, 0.15) is 5.56 Å². The Morgan fingerprint density at radius 3 is 2.23 bits per heavy atom. The van der Waals surface area contributed by atoms with Gasteiger partial charge in [-0.15, -0.1) is 0 Å². The molecule has 0 heterocycles. The molecule has 0 saturated heterocycles. The quantitative estimate of drug-likeness (QED) is 0.495. The van der Waals surface area contributed by atoms with Crippen molar-refractivity contribution in [1.82, 2.24) is 0 Å². The summed E-state index contributed by atoms with van der Waals surface area (Å²) in [6, 6.07) is 1.70. The van der Waals surface area contributed by atoms with Crippen LogP contribution in [0.15, 0.2) is 12.1 Å². The highest BCUT2D eigenvalue weighted by molar-refractivity contribution is 6.73. The van der Waals surface area contributed by atoms with Gasteiger partial charge in [-0.25, -0.2) is 4.39 Å². The van der Waals surface area contributed by atoms with Crippen LogP contribution >= 0.6 is 11.6 Å². The summed E-state index contributed by atoms with van der Waals surface area (Å²) in [4.78, 5) is 0. The fourth-order valence-electron chi connectivity index (χ4n) is 0.935. The standard InChI is InChI=1S/C7H5BClF4/c1-4-6(9)3-2-5(7(4)10)8(11,12)13/h2-3H,1H3/q-1. The Kier molecular flexibility index (Phi) is 2.57. The second kappa shape index (κ2) is 3.22. The van der Waals surface area contributed by atoms with Crippen LogP contribution in [0.3, 0.4) is 0 Å². The van der Waals surface area contributed by atoms with Gasteiger partial charge in [0.25, 0.3) is 0 Å². The van der Waals surface area contributed by atoms with E-state index in [1.54, 1.807) is 0 Å². The minimum Gasteiger partial charge on any atom is -0.445 e. The molecule has 0 radical (unpaired) electrons. The van der Waals surface area contributed by atoms with E-state index in [-0.39, 0.29) is 10.6 Å². The van der Waals surface area contributed by atoms with Gasteiger partial charge in [0.15, 0.2) is 0 Å². The summed E-state index contributed by atoms with van der Waals surface area (Å²) >= 11 is 5.44. The molecule has 0 aliphatic rings. The molecule has 72 valence electrons. The highest BCUT2D eigenvalue weighted by Crippen LogP contribution is 2.20. The maximum Gasteiger partial charge on any atom is 0.512 e. The first-order valence-electron chi connectivity index (χ1n) is 3.48. The van der Waals surface area contributed by atoms with Gasteiger partial charge in [-0.05, 0) is 13.0 Å². The van der Waals surface area contributed by atoms with Gasteiger partial charge >= 0.3 is 6.98 Å². The monoisotopic (exact) mass is 211 g/mol. The van der Waals surface area contributed by atoms with Crippen LogP contribution in [-0.2, 0) is 0 Å². The van der Waals surface area contributed by atoms with Crippen molar-refractivity contribution in [3.63, 3.8) is 0 Å². The molecule has 0 aliphatic heterocycles. The van der Waals surface area contributed by atoms with Crippen LogP contribution < -0.4 is 5.46 Å². The number of hydrogen-bond acceptors (Lipinski definition) is 0. The second-order valence-electron chi connectivity index (χ2n) is 2.65. The van der Waals surface area contributed by atoms with E-state index in [2.05, 4.69) is 0 Å². The van der Waals surface area contributed by atoms with Gasteiger partial charge in [0.05, 0.1) is 0 Å². The van der Waals surface area contributed by atoms with Crippen LogP contribution in [0, 0.1) is 12.7 Å². The van der Waals surface area contributed by atoms with Crippen molar-refractivity contribution in [3.8, 4) is 0 Å². The first kappa shape index (κ1) is 10.4. The molecule has 6 heteroatoms. The predicted octanol–water partition coefficient (Wildman–Crippen LogP) is 2.84. The largest absolute Gasteiger partial charge is 0.512 e. The molecule has 0 aromatic heterocycles. The van der Waals surface area contributed by atoms with Gasteiger partial charge < -0.3 is 12.9 Å². The summed E-state index contributed by atoms with van der Waals surface area (Å²) in [6.07, 6.45) is 0. The van der Waals surface area contributed by atoms with Crippen molar-refractivity contribution in [3.05, 3.63) is 28.5 Å².